The van der Waals surface area contributed by atoms with E-state index in [1.54, 1.807) is 0 Å². The van der Waals surface area contributed by atoms with Crippen molar-refractivity contribution in [1.29, 1.82) is 0 Å². The van der Waals surface area contributed by atoms with Gasteiger partial charge in [0.1, 0.15) is 5.60 Å². The first-order valence-corrected chi connectivity index (χ1v) is 6.29. The van der Waals surface area contributed by atoms with Gasteiger partial charge in [-0.3, -0.25) is 0 Å². The summed E-state index contributed by atoms with van der Waals surface area (Å²) in [6.45, 7) is 7.25. The van der Waals surface area contributed by atoms with Gasteiger partial charge in [-0.2, -0.15) is 0 Å². The number of fused-ring (bicyclic) bond motifs is 1. The lowest BCUT2D eigenvalue weighted by Crippen LogP contribution is -2.43. The Morgan fingerprint density at radius 3 is 2.94 bits per heavy atom. The lowest BCUT2D eigenvalue weighted by atomic mass is 9.85. The predicted octanol–water partition coefficient (Wildman–Crippen LogP) is 3.13. The Labute approximate surface area is 103 Å². The van der Waals surface area contributed by atoms with E-state index in [1.165, 1.54) is 5.57 Å². The molecule has 1 amide bonds. The highest BCUT2D eigenvalue weighted by Crippen LogP contribution is 2.29. The summed E-state index contributed by atoms with van der Waals surface area (Å²) in [5.74, 6) is 0.638. The Bertz CT molecular complexity index is 363. The molecule has 3 nitrogen and oxygen atoms in total. The van der Waals surface area contributed by atoms with Crippen LogP contribution in [0.4, 0.5) is 4.79 Å². The van der Waals surface area contributed by atoms with E-state index in [0.717, 1.165) is 25.9 Å². The maximum atomic E-state index is 11.9. The van der Waals surface area contributed by atoms with Crippen LogP contribution in [0, 0.1) is 5.92 Å². The van der Waals surface area contributed by atoms with Crippen molar-refractivity contribution in [3.8, 4) is 0 Å². The number of hydrogen-bond donors (Lipinski definition) is 0. The van der Waals surface area contributed by atoms with E-state index in [-0.39, 0.29) is 6.09 Å². The van der Waals surface area contributed by atoms with Gasteiger partial charge < -0.3 is 9.64 Å². The van der Waals surface area contributed by atoms with E-state index in [2.05, 4.69) is 18.2 Å². The van der Waals surface area contributed by atoms with E-state index in [1.807, 2.05) is 25.7 Å². The highest BCUT2D eigenvalue weighted by Gasteiger charge is 2.29. The van der Waals surface area contributed by atoms with Gasteiger partial charge in [0.15, 0.2) is 0 Å². The zero-order valence-corrected chi connectivity index (χ0v) is 10.9. The molecule has 0 saturated carbocycles. The van der Waals surface area contributed by atoms with Gasteiger partial charge >= 0.3 is 6.09 Å². The second-order valence-corrected chi connectivity index (χ2v) is 5.79. The van der Waals surface area contributed by atoms with E-state index in [9.17, 15) is 4.79 Å². The van der Waals surface area contributed by atoms with Crippen LogP contribution in [0.1, 0.15) is 33.6 Å². The van der Waals surface area contributed by atoms with Crippen molar-refractivity contribution in [2.45, 2.75) is 39.2 Å². The van der Waals surface area contributed by atoms with Gasteiger partial charge in [0.25, 0.3) is 0 Å². The second kappa shape index (κ2) is 4.55. The summed E-state index contributed by atoms with van der Waals surface area (Å²) in [5, 5.41) is 0. The van der Waals surface area contributed by atoms with Gasteiger partial charge in [0.05, 0.1) is 0 Å². The number of piperidine rings is 1. The summed E-state index contributed by atoms with van der Waals surface area (Å²) in [7, 11) is 0. The van der Waals surface area contributed by atoms with Crippen LogP contribution >= 0.6 is 0 Å². The van der Waals surface area contributed by atoms with Crippen LogP contribution in [0.2, 0.25) is 0 Å². The van der Waals surface area contributed by atoms with Crippen LogP contribution in [0.25, 0.3) is 0 Å². The number of carbonyl (C=O) groups excluding carboxylic acids is 1. The first-order chi connectivity index (χ1) is 7.96. The first kappa shape index (κ1) is 12.2. The summed E-state index contributed by atoms with van der Waals surface area (Å²) in [4.78, 5) is 13.8. The van der Waals surface area contributed by atoms with Gasteiger partial charge in [-0.25, -0.2) is 4.79 Å². The number of allylic oxidation sites excluding steroid dienone is 3. The highest BCUT2D eigenvalue weighted by atomic mass is 16.6. The van der Waals surface area contributed by atoms with E-state index >= 15 is 0 Å². The predicted molar refractivity (Wildman–Crippen MR) is 67.8 cm³/mol. The average Bonchev–Trinajstić information content (AvgIpc) is 2.26. The molecular formula is C14H21NO2. The molecule has 3 heteroatoms. The van der Waals surface area contributed by atoms with E-state index < -0.39 is 5.60 Å². The summed E-state index contributed by atoms with van der Waals surface area (Å²) in [6.07, 6.45) is 8.42. The van der Waals surface area contributed by atoms with Crippen molar-refractivity contribution in [1.82, 2.24) is 4.90 Å². The molecule has 0 bridgehead atoms. The molecule has 1 fully saturated rings. The molecule has 1 heterocycles. The second-order valence-electron chi connectivity index (χ2n) is 5.79. The summed E-state index contributed by atoms with van der Waals surface area (Å²) < 4.78 is 5.40. The number of nitrogens with zero attached hydrogens (tertiary/aromatic N) is 1. The minimum absolute atomic E-state index is 0.189. The van der Waals surface area contributed by atoms with Gasteiger partial charge in [-0.05, 0) is 45.1 Å². The standard InChI is InChI=1S/C14H21NO2/c1-14(2,3)17-13(16)15-9-8-11-6-4-5-7-12(11)10-15/h4-5,7,11H,6,8-10H2,1-3H3. The molecule has 0 aromatic rings. The molecule has 0 radical (unpaired) electrons. The largest absolute Gasteiger partial charge is 0.444 e. The molecule has 1 atom stereocenters. The van der Waals surface area contributed by atoms with Crippen LogP contribution in [0.3, 0.4) is 0 Å². The third-order valence-corrected chi connectivity index (χ3v) is 3.16. The smallest absolute Gasteiger partial charge is 0.410 e. The molecule has 0 spiro atoms. The monoisotopic (exact) mass is 235 g/mol. The van der Waals surface area contributed by atoms with Gasteiger partial charge in [0.2, 0.25) is 0 Å². The van der Waals surface area contributed by atoms with Crippen LogP contribution < -0.4 is 0 Å². The molecule has 1 aliphatic heterocycles. The molecule has 0 aromatic carbocycles. The van der Waals surface area contributed by atoms with Crippen molar-refractivity contribution >= 4 is 6.09 Å². The number of rotatable bonds is 0. The van der Waals surface area contributed by atoms with Crippen LogP contribution in [0.5, 0.6) is 0 Å². The number of hydrogen-bond acceptors (Lipinski definition) is 2. The fourth-order valence-corrected chi connectivity index (χ4v) is 2.30. The third-order valence-electron chi connectivity index (χ3n) is 3.16. The molecule has 2 aliphatic rings. The molecule has 1 unspecified atom stereocenters. The Morgan fingerprint density at radius 2 is 2.24 bits per heavy atom. The number of likely N-dealkylation sites (tertiary alicyclic amines) is 1. The van der Waals surface area contributed by atoms with Crippen molar-refractivity contribution in [2.75, 3.05) is 13.1 Å². The quantitative estimate of drug-likeness (QED) is 0.645. The van der Waals surface area contributed by atoms with Crippen LogP contribution in [0.15, 0.2) is 23.8 Å². The maximum Gasteiger partial charge on any atom is 0.410 e. The molecule has 17 heavy (non-hydrogen) atoms. The number of carbonyl (C=O) groups is 1. The average molecular weight is 235 g/mol. The molecule has 94 valence electrons. The van der Waals surface area contributed by atoms with Crippen molar-refractivity contribution in [3.05, 3.63) is 23.8 Å². The number of amides is 1. The van der Waals surface area contributed by atoms with Crippen LogP contribution in [-0.4, -0.2) is 29.7 Å². The van der Waals surface area contributed by atoms with E-state index in [0.29, 0.717) is 5.92 Å². The molecule has 2 rings (SSSR count). The summed E-state index contributed by atoms with van der Waals surface area (Å²) >= 11 is 0. The first-order valence-electron chi connectivity index (χ1n) is 6.29. The Kier molecular flexibility index (Phi) is 3.27. The molecule has 0 aromatic heterocycles. The molecule has 1 saturated heterocycles. The van der Waals surface area contributed by atoms with Gasteiger partial charge in [-0.15, -0.1) is 0 Å². The molecular weight excluding hydrogens is 214 g/mol. The third kappa shape index (κ3) is 3.11. The maximum absolute atomic E-state index is 11.9. The molecule has 0 N–H and O–H groups in total. The van der Waals surface area contributed by atoms with Crippen LogP contribution in [-0.2, 0) is 4.74 Å². The Balaban J connectivity index is 1.98. The lowest BCUT2D eigenvalue weighted by Gasteiger charge is -2.35. The SMILES string of the molecule is CC(C)(C)OC(=O)N1CCC2CC=CC=C2C1. The van der Waals surface area contributed by atoms with Crippen molar-refractivity contribution in [3.63, 3.8) is 0 Å². The summed E-state index contributed by atoms with van der Waals surface area (Å²) in [5.41, 5.74) is 0.957. The van der Waals surface area contributed by atoms with E-state index in [4.69, 9.17) is 4.74 Å². The highest BCUT2D eigenvalue weighted by molar-refractivity contribution is 5.68. The Hall–Kier alpha value is -1.25. The van der Waals surface area contributed by atoms with Gasteiger partial charge in [-0.1, -0.05) is 18.2 Å². The Morgan fingerprint density at radius 1 is 1.47 bits per heavy atom. The topological polar surface area (TPSA) is 29.5 Å². The minimum Gasteiger partial charge on any atom is -0.444 e. The van der Waals surface area contributed by atoms with Gasteiger partial charge in [0, 0.05) is 13.1 Å². The summed E-state index contributed by atoms with van der Waals surface area (Å²) in [6, 6.07) is 0. The molecule has 1 aliphatic carbocycles. The number of ether oxygens (including phenoxy) is 1. The zero-order valence-electron chi connectivity index (χ0n) is 10.9. The minimum atomic E-state index is -0.408. The lowest BCUT2D eigenvalue weighted by molar-refractivity contribution is 0.0229. The normalized spacial score (nSPS) is 24.1. The van der Waals surface area contributed by atoms with Crippen molar-refractivity contribution < 1.29 is 9.53 Å². The van der Waals surface area contributed by atoms with Crippen molar-refractivity contribution in [2.24, 2.45) is 5.92 Å². The zero-order chi connectivity index (χ0) is 12.5. The fraction of sp³-hybridized carbons (Fsp3) is 0.643. The fourth-order valence-electron chi connectivity index (χ4n) is 2.30.